The second-order valence-electron chi connectivity index (χ2n) is 10.7. The zero-order chi connectivity index (χ0) is 29.2. The van der Waals surface area contributed by atoms with Crippen molar-refractivity contribution < 1.29 is 35.9 Å². The highest BCUT2D eigenvalue weighted by molar-refractivity contribution is 6.42. The quantitative estimate of drug-likeness (QED) is 0.388. The van der Waals surface area contributed by atoms with Crippen molar-refractivity contribution in [2.45, 2.75) is 37.0 Å². The number of benzene rings is 1. The summed E-state index contributed by atoms with van der Waals surface area (Å²) in [5.41, 5.74) is -2.68. The summed E-state index contributed by atoms with van der Waals surface area (Å²) in [5.74, 6) is -6.07. The first-order valence-electron chi connectivity index (χ1n) is 12.8. The predicted octanol–water partition coefficient (Wildman–Crippen LogP) is 4.98. The maximum absolute atomic E-state index is 15.3. The summed E-state index contributed by atoms with van der Waals surface area (Å²) in [7, 11) is 0. The van der Waals surface area contributed by atoms with Crippen LogP contribution in [0.15, 0.2) is 28.7 Å². The van der Waals surface area contributed by atoms with Gasteiger partial charge in [-0.25, -0.2) is 0 Å². The number of H-pyrrole nitrogens is 1. The Balaban J connectivity index is 1.26. The fourth-order valence-electron chi connectivity index (χ4n) is 5.90. The number of alkyl halides is 5. The molecule has 1 spiro atoms. The highest BCUT2D eigenvalue weighted by atomic mass is 35.5. The maximum atomic E-state index is 15.3. The van der Waals surface area contributed by atoms with Crippen molar-refractivity contribution in [3.05, 3.63) is 63.0 Å². The number of halogens is 7. The lowest BCUT2D eigenvalue weighted by atomic mass is 9.71. The number of hydrogen-bond donors (Lipinski definition) is 1. The van der Waals surface area contributed by atoms with E-state index in [1.165, 1.54) is 11.0 Å². The molecule has 6 rings (SSSR count). The summed E-state index contributed by atoms with van der Waals surface area (Å²) in [6.45, 7) is 2.46. The first-order chi connectivity index (χ1) is 19.4. The average molecular weight is 621 g/mol. The Hall–Kier alpha value is -2.81. The molecule has 3 aliphatic heterocycles. The van der Waals surface area contributed by atoms with Crippen molar-refractivity contribution in [3.8, 4) is 0 Å². The number of aromatic nitrogens is 4. The van der Waals surface area contributed by atoms with Crippen LogP contribution < -0.4 is 0 Å². The molecule has 3 saturated heterocycles. The third-order valence-electron chi connectivity index (χ3n) is 7.89. The Morgan fingerprint density at radius 3 is 2.54 bits per heavy atom. The lowest BCUT2D eigenvalue weighted by Gasteiger charge is -2.50. The van der Waals surface area contributed by atoms with Gasteiger partial charge in [-0.1, -0.05) is 29.3 Å². The first kappa shape index (κ1) is 28.3. The van der Waals surface area contributed by atoms with Gasteiger partial charge in [0.2, 0.25) is 5.89 Å². The minimum atomic E-state index is -4.72. The van der Waals surface area contributed by atoms with Crippen LogP contribution in [-0.2, 0) is 16.8 Å². The van der Waals surface area contributed by atoms with Gasteiger partial charge in [-0.2, -0.15) is 27.1 Å². The van der Waals surface area contributed by atoms with Crippen molar-refractivity contribution in [1.29, 1.82) is 0 Å². The van der Waals surface area contributed by atoms with E-state index in [0.717, 1.165) is 25.0 Å². The van der Waals surface area contributed by atoms with E-state index in [9.17, 15) is 18.0 Å². The Bertz CT molecular complexity index is 1450. The van der Waals surface area contributed by atoms with Crippen molar-refractivity contribution in [3.63, 3.8) is 0 Å². The molecule has 2 unspecified atom stereocenters. The summed E-state index contributed by atoms with van der Waals surface area (Å²) in [4.78, 5) is 16.7. The van der Waals surface area contributed by atoms with E-state index < -0.39 is 46.5 Å². The van der Waals surface area contributed by atoms with Crippen LogP contribution in [0.5, 0.6) is 0 Å². The molecule has 1 aromatic carbocycles. The lowest BCUT2D eigenvalue weighted by molar-refractivity contribution is -0.141. The molecule has 16 heteroatoms. The summed E-state index contributed by atoms with van der Waals surface area (Å²) >= 11 is 11.8. The minimum Gasteiger partial charge on any atom is -0.419 e. The van der Waals surface area contributed by atoms with Gasteiger partial charge in [-0.15, -0.1) is 10.2 Å². The van der Waals surface area contributed by atoms with Gasteiger partial charge in [0.25, 0.3) is 11.8 Å². The number of nitrogens with zero attached hydrogens (tertiary/aromatic N) is 5. The second kappa shape index (κ2) is 10.2. The molecule has 0 radical (unpaired) electrons. The van der Waals surface area contributed by atoms with Gasteiger partial charge in [0, 0.05) is 56.4 Å². The number of nitrogens with one attached hydrogen (secondary N) is 1. The Morgan fingerprint density at radius 2 is 1.88 bits per heavy atom. The summed E-state index contributed by atoms with van der Waals surface area (Å²) in [6, 6.07) is 4.00. The van der Waals surface area contributed by atoms with E-state index in [4.69, 9.17) is 32.4 Å². The minimum absolute atomic E-state index is 0.0209. The Labute approximate surface area is 239 Å². The standard InChI is InChI=1S/C25H23Cl2F5N6O3/c26-16-4-3-13(6-17(16)27)24(28,29)22-36-35-20(41-22)15-9-38(21(39)18-7-19(34-33-18)25(30,31)32)12-23(15)10-37(11-23)8-14-2-1-5-40-14/h3-4,6-7,14-15H,1-2,5,8-12H2,(H,33,34). The third-order valence-corrected chi connectivity index (χ3v) is 8.63. The highest BCUT2D eigenvalue weighted by Crippen LogP contribution is 2.50. The highest BCUT2D eigenvalue weighted by Gasteiger charge is 2.58. The molecule has 0 bridgehead atoms. The monoisotopic (exact) mass is 620 g/mol. The summed E-state index contributed by atoms with van der Waals surface area (Å²) in [5, 5.41) is 13.0. The number of likely N-dealkylation sites (tertiary alicyclic amines) is 2. The molecule has 2 atom stereocenters. The molecule has 3 aliphatic rings. The Morgan fingerprint density at radius 1 is 1.10 bits per heavy atom. The van der Waals surface area contributed by atoms with Gasteiger partial charge in [-0.3, -0.25) is 14.8 Å². The number of ether oxygens (including phenoxy) is 1. The molecule has 1 N–H and O–H groups in total. The molecule has 0 aliphatic carbocycles. The van der Waals surface area contributed by atoms with Gasteiger partial charge in [0.1, 0.15) is 5.69 Å². The number of hydrogen-bond acceptors (Lipinski definition) is 7. The second-order valence-corrected chi connectivity index (χ2v) is 11.5. The van der Waals surface area contributed by atoms with Crippen LogP contribution in [0.1, 0.15) is 52.3 Å². The number of aromatic amines is 1. The largest absolute Gasteiger partial charge is 0.435 e. The third kappa shape index (κ3) is 5.19. The molecule has 0 saturated carbocycles. The van der Waals surface area contributed by atoms with Crippen LogP contribution in [0.3, 0.4) is 0 Å². The van der Waals surface area contributed by atoms with E-state index in [2.05, 4.69) is 25.3 Å². The van der Waals surface area contributed by atoms with Crippen molar-refractivity contribution in [2.75, 3.05) is 39.3 Å². The lowest BCUT2D eigenvalue weighted by Crippen LogP contribution is -2.61. The number of carbonyl (C=O) groups is 1. The molecule has 9 nitrogen and oxygen atoms in total. The zero-order valence-corrected chi connectivity index (χ0v) is 22.7. The van der Waals surface area contributed by atoms with Crippen LogP contribution in [0.2, 0.25) is 10.0 Å². The van der Waals surface area contributed by atoms with E-state index in [1.807, 2.05) is 0 Å². The van der Waals surface area contributed by atoms with Gasteiger partial charge in [0.05, 0.1) is 22.1 Å². The number of amides is 1. The van der Waals surface area contributed by atoms with E-state index in [-0.39, 0.29) is 40.8 Å². The van der Waals surface area contributed by atoms with E-state index >= 15 is 8.78 Å². The molecular formula is C25H23Cl2F5N6O3. The summed E-state index contributed by atoms with van der Waals surface area (Å²) in [6.07, 6.45) is -2.75. The average Bonchev–Trinajstić information content (AvgIpc) is 3.70. The van der Waals surface area contributed by atoms with E-state index in [0.29, 0.717) is 32.3 Å². The summed E-state index contributed by atoms with van der Waals surface area (Å²) < 4.78 is 81.1. The predicted molar refractivity (Wildman–Crippen MR) is 134 cm³/mol. The maximum Gasteiger partial charge on any atom is 0.435 e. The van der Waals surface area contributed by atoms with Crippen LogP contribution in [0, 0.1) is 5.41 Å². The fourth-order valence-corrected chi connectivity index (χ4v) is 6.20. The normalized spacial score (nSPS) is 23.0. The van der Waals surface area contributed by atoms with Crippen LogP contribution in [0.4, 0.5) is 22.0 Å². The fraction of sp³-hybridized carbons (Fsp3) is 0.520. The molecule has 1 amide bonds. The number of carbonyl (C=O) groups excluding carboxylic acids is 1. The first-order valence-corrected chi connectivity index (χ1v) is 13.5. The number of rotatable bonds is 6. The van der Waals surface area contributed by atoms with Crippen molar-refractivity contribution in [2.24, 2.45) is 5.41 Å². The molecule has 5 heterocycles. The molecule has 3 fully saturated rings. The smallest absolute Gasteiger partial charge is 0.419 e. The van der Waals surface area contributed by atoms with E-state index in [1.54, 1.807) is 0 Å². The Kier molecular flexibility index (Phi) is 7.03. The van der Waals surface area contributed by atoms with Gasteiger partial charge in [-0.05, 0) is 25.0 Å². The van der Waals surface area contributed by atoms with Crippen molar-refractivity contribution in [1.82, 2.24) is 30.2 Å². The van der Waals surface area contributed by atoms with Crippen LogP contribution >= 0.6 is 23.2 Å². The molecule has 41 heavy (non-hydrogen) atoms. The molecule has 2 aromatic heterocycles. The van der Waals surface area contributed by atoms with Gasteiger partial charge >= 0.3 is 12.1 Å². The topological polar surface area (TPSA) is 100 Å². The molecular weight excluding hydrogens is 598 g/mol. The molecule has 220 valence electrons. The van der Waals surface area contributed by atoms with Gasteiger partial charge in [0.15, 0.2) is 5.69 Å². The van der Waals surface area contributed by atoms with Crippen LogP contribution in [-0.4, -0.2) is 81.5 Å². The SMILES string of the molecule is O=C(c1cc(C(F)(F)F)n[nH]1)N1CC(c2nnc(C(F)(F)c3ccc(Cl)c(Cl)c3)o2)C2(CN(CC3CCCO3)C2)C1. The van der Waals surface area contributed by atoms with Crippen molar-refractivity contribution >= 4 is 29.1 Å². The van der Waals surface area contributed by atoms with Gasteiger partial charge < -0.3 is 14.1 Å². The zero-order valence-electron chi connectivity index (χ0n) is 21.2. The van der Waals surface area contributed by atoms with Crippen LogP contribution in [0.25, 0.3) is 0 Å². The molecule has 3 aromatic rings.